The van der Waals surface area contributed by atoms with Gasteiger partial charge in [-0.15, -0.1) is 0 Å². The van der Waals surface area contributed by atoms with Crippen molar-refractivity contribution in [3.8, 4) is 0 Å². The van der Waals surface area contributed by atoms with Crippen LogP contribution in [0.2, 0.25) is 0 Å². The maximum atomic E-state index is 13.2. The number of anilines is 1. The van der Waals surface area contributed by atoms with E-state index in [4.69, 9.17) is 0 Å². The van der Waals surface area contributed by atoms with Crippen molar-refractivity contribution in [3.05, 3.63) is 65.5 Å². The van der Waals surface area contributed by atoms with Gasteiger partial charge >= 0.3 is 0 Å². The molecule has 0 aromatic heterocycles. The number of nitrogens with zero attached hydrogens (tertiary/aromatic N) is 1. The molecule has 3 amide bonds. The van der Waals surface area contributed by atoms with E-state index >= 15 is 0 Å². The molecule has 2 aliphatic rings. The van der Waals surface area contributed by atoms with Crippen molar-refractivity contribution in [1.82, 2.24) is 4.90 Å². The molecule has 1 N–H and O–H groups in total. The van der Waals surface area contributed by atoms with Crippen LogP contribution in [-0.2, 0) is 26.3 Å². The minimum absolute atomic E-state index is 0.0944. The molecule has 2 aromatic carbocycles. The number of likely N-dealkylation sites (tertiary alicyclic amines) is 1. The monoisotopic (exact) mass is 380 g/mol. The summed E-state index contributed by atoms with van der Waals surface area (Å²) in [6.45, 7) is 0.255. The third kappa shape index (κ3) is 3.30. The molecule has 1 heterocycles. The van der Waals surface area contributed by atoms with Gasteiger partial charge in [0, 0.05) is 18.5 Å². The summed E-state index contributed by atoms with van der Waals surface area (Å²) in [5.74, 6) is -0.700. The van der Waals surface area contributed by atoms with Crippen molar-refractivity contribution in [3.63, 3.8) is 0 Å². The number of hydrogen-bond acceptors (Lipinski definition) is 3. The van der Waals surface area contributed by atoms with Crippen molar-refractivity contribution in [2.45, 2.75) is 44.1 Å². The Hall–Kier alpha value is -3.02. The smallest absolute Gasteiger partial charge is 0.235 e. The number of hydrogen-bond donors (Lipinski definition) is 1. The van der Waals surface area contributed by atoms with Crippen molar-refractivity contribution < 1.29 is 18.8 Å². The van der Waals surface area contributed by atoms with Gasteiger partial charge in [0.1, 0.15) is 5.82 Å². The quantitative estimate of drug-likeness (QED) is 0.807. The molecule has 1 saturated heterocycles. The highest BCUT2D eigenvalue weighted by Crippen LogP contribution is 2.44. The fourth-order valence-corrected chi connectivity index (χ4v) is 3.87. The molecule has 0 atom stereocenters. The van der Waals surface area contributed by atoms with E-state index in [9.17, 15) is 18.8 Å². The molecular weight excluding hydrogens is 359 g/mol. The Labute approximate surface area is 162 Å². The van der Waals surface area contributed by atoms with Gasteiger partial charge in [-0.05, 0) is 48.2 Å². The molecule has 1 aliphatic heterocycles. The van der Waals surface area contributed by atoms with Crippen LogP contribution in [0.4, 0.5) is 10.1 Å². The molecule has 0 radical (unpaired) electrons. The molecule has 144 valence electrons. The first kappa shape index (κ1) is 18.3. The average molecular weight is 380 g/mol. The zero-order chi connectivity index (χ0) is 19.7. The number of amides is 3. The summed E-state index contributed by atoms with van der Waals surface area (Å²) in [6, 6.07) is 13.3. The second-order valence-corrected chi connectivity index (χ2v) is 7.47. The lowest BCUT2D eigenvalue weighted by Crippen LogP contribution is -2.46. The van der Waals surface area contributed by atoms with E-state index in [0.717, 1.165) is 30.4 Å². The second kappa shape index (κ2) is 7.19. The summed E-state index contributed by atoms with van der Waals surface area (Å²) in [7, 11) is 0. The van der Waals surface area contributed by atoms with Gasteiger partial charge in [-0.3, -0.25) is 19.3 Å². The lowest BCUT2D eigenvalue weighted by atomic mass is 9.64. The Morgan fingerprint density at radius 1 is 0.964 bits per heavy atom. The van der Waals surface area contributed by atoms with E-state index in [1.165, 1.54) is 17.0 Å². The number of imide groups is 1. The van der Waals surface area contributed by atoms with E-state index in [-0.39, 0.29) is 42.9 Å². The fourth-order valence-electron chi connectivity index (χ4n) is 3.87. The van der Waals surface area contributed by atoms with Gasteiger partial charge in [-0.2, -0.15) is 0 Å². The molecule has 28 heavy (non-hydrogen) atoms. The third-order valence-corrected chi connectivity index (χ3v) is 5.75. The molecule has 5 nitrogen and oxygen atoms in total. The Balaban J connectivity index is 1.45. The molecule has 0 spiro atoms. The molecule has 6 heteroatoms. The van der Waals surface area contributed by atoms with Crippen molar-refractivity contribution >= 4 is 23.4 Å². The van der Waals surface area contributed by atoms with E-state index < -0.39 is 5.41 Å². The van der Waals surface area contributed by atoms with Crippen LogP contribution in [-0.4, -0.2) is 22.6 Å². The van der Waals surface area contributed by atoms with Gasteiger partial charge in [0.2, 0.25) is 17.7 Å². The van der Waals surface area contributed by atoms with Crippen LogP contribution < -0.4 is 5.32 Å². The van der Waals surface area contributed by atoms with Crippen LogP contribution >= 0.6 is 0 Å². The van der Waals surface area contributed by atoms with Crippen molar-refractivity contribution in [2.24, 2.45) is 0 Å². The minimum atomic E-state index is -0.610. The third-order valence-electron chi connectivity index (χ3n) is 5.75. The van der Waals surface area contributed by atoms with E-state index in [1.54, 1.807) is 36.4 Å². The van der Waals surface area contributed by atoms with Crippen LogP contribution in [0.5, 0.6) is 0 Å². The lowest BCUT2D eigenvalue weighted by Gasteiger charge is -2.40. The van der Waals surface area contributed by atoms with Gasteiger partial charge in [-0.25, -0.2) is 4.39 Å². The van der Waals surface area contributed by atoms with Gasteiger partial charge in [0.05, 0.1) is 12.0 Å². The van der Waals surface area contributed by atoms with Gasteiger partial charge < -0.3 is 5.32 Å². The average Bonchev–Trinajstić information content (AvgIpc) is 2.96. The van der Waals surface area contributed by atoms with Crippen LogP contribution in [0.3, 0.4) is 0 Å². The summed E-state index contributed by atoms with van der Waals surface area (Å²) in [5.41, 5.74) is 1.71. The normalized spacial score (nSPS) is 18.1. The molecule has 2 aromatic rings. The highest BCUT2D eigenvalue weighted by atomic mass is 19.1. The van der Waals surface area contributed by atoms with Crippen molar-refractivity contribution in [1.29, 1.82) is 0 Å². The van der Waals surface area contributed by atoms with Crippen LogP contribution in [0, 0.1) is 5.82 Å². The maximum Gasteiger partial charge on any atom is 0.235 e. The molecule has 1 aliphatic carbocycles. The Morgan fingerprint density at radius 3 is 2.11 bits per heavy atom. The van der Waals surface area contributed by atoms with E-state index in [2.05, 4.69) is 5.32 Å². The maximum absolute atomic E-state index is 13.2. The number of carbonyl (C=O) groups excluding carboxylic acids is 3. The highest BCUT2D eigenvalue weighted by Gasteiger charge is 2.45. The Bertz CT molecular complexity index is 902. The molecular formula is C22H21FN2O3. The standard InChI is InChI=1S/C22H21FN2O3/c23-17-6-4-16(5-7-17)22(12-1-13-22)21(28)24-18-8-2-15(3-9-18)14-25-19(26)10-11-20(25)27/h2-9H,1,10-14H2,(H,24,28). The lowest BCUT2D eigenvalue weighted by molar-refractivity contribution is -0.139. The summed E-state index contributed by atoms with van der Waals surface area (Å²) in [5, 5.41) is 2.96. The Morgan fingerprint density at radius 2 is 1.57 bits per heavy atom. The molecule has 1 saturated carbocycles. The minimum Gasteiger partial charge on any atom is -0.325 e. The zero-order valence-electron chi connectivity index (χ0n) is 15.4. The first-order valence-electron chi connectivity index (χ1n) is 9.48. The first-order chi connectivity index (χ1) is 13.5. The topological polar surface area (TPSA) is 66.5 Å². The van der Waals surface area contributed by atoms with Gasteiger partial charge in [0.15, 0.2) is 0 Å². The number of nitrogens with one attached hydrogen (secondary N) is 1. The SMILES string of the molecule is O=C1CCC(=O)N1Cc1ccc(NC(=O)C2(c3ccc(F)cc3)CCC2)cc1. The number of halogens is 1. The fraction of sp³-hybridized carbons (Fsp3) is 0.318. The zero-order valence-corrected chi connectivity index (χ0v) is 15.4. The van der Waals surface area contributed by atoms with Crippen molar-refractivity contribution in [2.75, 3.05) is 5.32 Å². The molecule has 2 fully saturated rings. The molecule has 0 bridgehead atoms. The molecule has 4 rings (SSSR count). The summed E-state index contributed by atoms with van der Waals surface area (Å²) in [6.07, 6.45) is 2.99. The van der Waals surface area contributed by atoms with Gasteiger partial charge in [0.25, 0.3) is 0 Å². The number of carbonyl (C=O) groups is 3. The van der Waals surface area contributed by atoms with Crippen LogP contribution in [0.25, 0.3) is 0 Å². The summed E-state index contributed by atoms with van der Waals surface area (Å²) in [4.78, 5) is 37.7. The van der Waals surface area contributed by atoms with Gasteiger partial charge in [-0.1, -0.05) is 30.7 Å². The predicted octanol–water partition coefficient (Wildman–Crippen LogP) is 3.54. The van der Waals surface area contributed by atoms with Crippen LogP contribution in [0.15, 0.2) is 48.5 Å². The summed E-state index contributed by atoms with van der Waals surface area (Å²) >= 11 is 0. The predicted molar refractivity (Wildman–Crippen MR) is 102 cm³/mol. The largest absolute Gasteiger partial charge is 0.325 e. The van der Waals surface area contributed by atoms with Crippen LogP contribution in [0.1, 0.15) is 43.2 Å². The number of benzene rings is 2. The second-order valence-electron chi connectivity index (χ2n) is 7.47. The van der Waals surface area contributed by atoms with E-state index in [0.29, 0.717) is 5.69 Å². The summed E-state index contributed by atoms with van der Waals surface area (Å²) < 4.78 is 13.2. The number of rotatable bonds is 5. The van der Waals surface area contributed by atoms with E-state index in [1.807, 2.05) is 0 Å². The molecule has 0 unspecified atom stereocenters. The Kier molecular flexibility index (Phi) is 4.71. The first-order valence-corrected chi connectivity index (χ1v) is 9.48. The highest BCUT2D eigenvalue weighted by molar-refractivity contribution is 6.02.